The SMILES string of the molecule is CN(C)C(=O)COC(=O)COc1ccc(C(=O)c2ccccc2)cc1. The summed E-state index contributed by atoms with van der Waals surface area (Å²) in [5.41, 5.74) is 1.13. The predicted octanol–water partition coefficient (Wildman–Crippen LogP) is 1.93. The molecule has 0 saturated carbocycles. The Hall–Kier alpha value is -3.15. The lowest BCUT2D eigenvalue weighted by atomic mass is 10.0. The van der Waals surface area contributed by atoms with E-state index in [1.54, 1.807) is 62.6 Å². The highest BCUT2D eigenvalue weighted by molar-refractivity contribution is 6.08. The third-order valence-electron chi connectivity index (χ3n) is 3.36. The number of nitrogens with zero attached hydrogens (tertiary/aromatic N) is 1. The summed E-state index contributed by atoms with van der Waals surface area (Å²) in [6.45, 7) is -0.633. The molecular weight excluding hydrogens is 322 g/mol. The van der Waals surface area contributed by atoms with Gasteiger partial charge >= 0.3 is 5.97 Å². The van der Waals surface area contributed by atoms with Gasteiger partial charge in [0.2, 0.25) is 0 Å². The zero-order valence-corrected chi connectivity index (χ0v) is 14.1. The number of carbonyl (C=O) groups is 3. The predicted molar refractivity (Wildman–Crippen MR) is 91.5 cm³/mol. The Labute approximate surface area is 146 Å². The first kappa shape index (κ1) is 18.2. The highest BCUT2D eigenvalue weighted by Gasteiger charge is 2.11. The van der Waals surface area contributed by atoms with Crippen molar-refractivity contribution in [3.8, 4) is 5.75 Å². The molecule has 0 fully saturated rings. The minimum atomic E-state index is -0.639. The maximum Gasteiger partial charge on any atom is 0.344 e. The molecule has 1 amide bonds. The lowest BCUT2D eigenvalue weighted by Crippen LogP contribution is -2.28. The van der Waals surface area contributed by atoms with Crippen LogP contribution in [0.25, 0.3) is 0 Å². The van der Waals surface area contributed by atoms with Gasteiger partial charge in [-0.2, -0.15) is 0 Å². The molecule has 0 heterocycles. The fraction of sp³-hybridized carbons (Fsp3) is 0.211. The van der Waals surface area contributed by atoms with E-state index in [2.05, 4.69) is 0 Å². The second-order valence-electron chi connectivity index (χ2n) is 5.46. The van der Waals surface area contributed by atoms with Crippen molar-refractivity contribution in [2.45, 2.75) is 0 Å². The molecule has 0 unspecified atom stereocenters. The second kappa shape index (κ2) is 8.63. The molecule has 6 nitrogen and oxygen atoms in total. The molecule has 130 valence electrons. The molecule has 0 atom stereocenters. The third-order valence-corrected chi connectivity index (χ3v) is 3.36. The fourth-order valence-electron chi connectivity index (χ4n) is 1.91. The lowest BCUT2D eigenvalue weighted by Gasteiger charge is -2.11. The van der Waals surface area contributed by atoms with Crippen molar-refractivity contribution in [3.05, 3.63) is 65.7 Å². The highest BCUT2D eigenvalue weighted by Crippen LogP contribution is 2.15. The molecule has 0 aromatic heterocycles. The van der Waals surface area contributed by atoms with Crippen molar-refractivity contribution in [2.24, 2.45) is 0 Å². The molecule has 25 heavy (non-hydrogen) atoms. The van der Waals surface area contributed by atoms with Crippen molar-refractivity contribution in [3.63, 3.8) is 0 Å². The Morgan fingerprint density at radius 3 is 2.04 bits per heavy atom. The van der Waals surface area contributed by atoms with Gasteiger partial charge in [-0.25, -0.2) is 4.79 Å². The number of esters is 1. The van der Waals surface area contributed by atoms with E-state index in [9.17, 15) is 14.4 Å². The van der Waals surface area contributed by atoms with Crippen LogP contribution in [0.15, 0.2) is 54.6 Å². The summed E-state index contributed by atoms with van der Waals surface area (Å²) in [6, 6.07) is 15.4. The van der Waals surface area contributed by atoms with Crippen LogP contribution in [0.2, 0.25) is 0 Å². The van der Waals surface area contributed by atoms with E-state index in [0.717, 1.165) is 0 Å². The van der Waals surface area contributed by atoms with E-state index in [1.165, 1.54) is 4.90 Å². The molecule has 0 radical (unpaired) electrons. The number of benzene rings is 2. The molecular formula is C19H19NO5. The van der Waals surface area contributed by atoms with Gasteiger partial charge in [-0.3, -0.25) is 9.59 Å². The number of rotatable bonds is 7. The van der Waals surface area contributed by atoms with E-state index in [4.69, 9.17) is 9.47 Å². The summed E-state index contributed by atoms with van der Waals surface area (Å²) in [7, 11) is 3.15. The van der Waals surface area contributed by atoms with Crippen molar-refractivity contribution in [1.82, 2.24) is 4.90 Å². The number of hydrogen-bond donors (Lipinski definition) is 0. The number of amides is 1. The van der Waals surface area contributed by atoms with E-state index >= 15 is 0 Å². The number of carbonyl (C=O) groups excluding carboxylic acids is 3. The van der Waals surface area contributed by atoms with Gasteiger partial charge in [-0.15, -0.1) is 0 Å². The molecule has 0 spiro atoms. The van der Waals surface area contributed by atoms with Crippen LogP contribution in [0.1, 0.15) is 15.9 Å². The van der Waals surface area contributed by atoms with Gasteiger partial charge in [0.25, 0.3) is 5.91 Å². The van der Waals surface area contributed by atoms with Crippen LogP contribution in [0.5, 0.6) is 5.75 Å². The normalized spacial score (nSPS) is 10.0. The van der Waals surface area contributed by atoms with Crippen LogP contribution < -0.4 is 4.74 Å². The maximum absolute atomic E-state index is 12.3. The summed E-state index contributed by atoms with van der Waals surface area (Å²) in [5.74, 6) is -0.606. The average molecular weight is 341 g/mol. The van der Waals surface area contributed by atoms with E-state index in [0.29, 0.717) is 16.9 Å². The van der Waals surface area contributed by atoms with Crippen molar-refractivity contribution < 1.29 is 23.9 Å². The van der Waals surface area contributed by atoms with Crippen LogP contribution in [-0.4, -0.2) is 49.9 Å². The van der Waals surface area contributed by atoms with E-state index < -0.39 is 5.97 Å². The molecule has 0 aliphatic heterocycles. The van der Waals surface area contributed by atoms with Gasteiger partial charge in [0.15, 0.2) is 19.0 Å². The topological polar surface area (TPSA) is 72.9 Å². The zero-order valence-electron chi connectivity index (χ0n) is 14.1. The minimum Gasteiger partial charge on any atom is -0.482 e. The van der Waals surface area contributed by atoms with Crippen LogP contribution >= 0.6 is 0 Å². The summed E-state index contributed by atoms with van der Waals surface area (Å²) < 4.78 is 10.1. The smallest absolute Gasteiger partial charge is 0.344 e. The summed E-state index contributed by atoms with van der Waals surface area (Å²) in [6.07, 6.45) is 0. The molecule has 2 rings (SSSR count). The molecule has 0 aliphatic rings. The number of ether oxygens (including phenoxy) is 2. The van der Waals surface area contributed by atoms with Crippen molar-refractivity contribution >= 4 is 17.7 Å². The van der Waals surface area contributed by atoms with Crippen LogP contribution in [0, 0.1) is 0 Å². The standard InChI is InChI=1S/C19H19NO5/c1-20(2)17(21)12-25-18(22)13-24-16-10-8-15(9-11-16)19(23)14-6-4-3-5-7-14/h3-11H,12-13H2,1-2H3. The average Bonchev–Trinajstić information content (AvgIpc) is 2.64. The minimum absolute atomic E-state index is 0.0891. The molecule has 0 aliphatic carbocycles. The first-order chi connectivity index (χ1) is 12.0. The summed E-state index contributed by atoms with van der Waals surface area (Å²) in [4.78, 5) is 36.5. The number of likely N-dealkylation sites (N-methyl/N-ethyl adjacent to an activating group) is 1. The zero-order chi connectivity index (χ0) is 18.2. The Morgan fingerprint density at radius 1 is 0.840 bits per heavy atom. The largest absolute Gasteiger partial charge is 0.482 e. The lowest BCUT2D eigenvalue weighted by molar-refractivity contribution is -0.152. The van der Waals surface area contributed by atoms with Crippen LogP contribution in [0.3, 0.4) is 0 Å². The Morgan fingerprint density at radius 2 is 1.44 bits per heavy atom. The molecule has 0 bridgehead atoms. The molecule has 0 N–H and O–H groups in total. The molecule has 2 aromatic rings. The first-order valence-corrected chi connectivity index (χ1v) is 7.66. The van der Waals surface area contributed by atoms with Crippen LogP contribution in [-0.2, 0) is 14.3 Å². The van der Waals surface area contributed by atoms with Gasteiger partial charge in [0.1, 0.15) is 5.75 Å². The summed E-state index contributed by atoms with van der Waals surface area (Å²) >= 11 is 0. The van der Waals surface area contributed by atoms with Crippen LogP contribution in [0.4, 0.5) is 0 Å². The molecule has 6 heteroatoms. The quantitative estimate of drug-likeness (QED) is 0.568. The number of hydrogen-bond acceptors (Lipinski definition) is 5. The van der Waals surface area contributed by atoms with Gasteiger partial charge < -0.3 is 14.4 Å². The Balaban J connectivity index is 1.85. The van der Waals surface area contributed by atoms with Gasteiger partial charge in [-0.05, 0) is 24.3 Å². The second-order valence-corrected chi connectivity index (χ2v) is 5.46. The fourth-order valence-corrected chi connectivity index (χ4v) is 1.91. The van der Waals surface area contributed by atoms with Gasteiger partial charge in [-0.1, -0.05) is 30.3 Å². The highest BCUT2D eigenvalue weighted by atomic mass is 16.6. The Bertz CT molecular complexity index is 738. The van der Waals surface area contributed by atoms with Gasteiger partial charge in [0, 0.05) is 25.2 Å². The molecule has 0 saturated heterocycles. The maximum atomic E-state index is 12.3. The van der Waals surface area contributed by atoms with E-state index in [1.807, 2.05) is 6.07 Å². The molecule has 2 aromatic carbocycles. The third kappa shape index (κ3) is 5.46. The van der Waals surface area contributed by atoms with Crippen molar-refractivity contribution in [2.75, 3.05) is 27.3 Å². The monoisotopic (exact) mass is 341 g/mol. The Kier molecular flexibility index (Phi) is 6.28. The van der Waals surface area contributed by atoms with Crippen molar-refractivity contribution in [1.29, 1.82) is 0 Å². The summed E-state index contributed by atoms with van der Waals surface area (Å²) in [5, 5.41) is 0. The number of ketones is 1. The van der Waals surface area contributed by atoms with E-state index in [-0.39, 0.29) is 24.9 Å². The first-order valence-electron chi connectivity index (χ1n) is 7.66. The van der Waals surface area contributed by atoms with Gasteiger partial charge in [0.05, 0.1) is 0 Å².